The predicted molar refractivity (Wildman–Crippen MR) is 124 cm³/mol. The van der Waals surface area contributed by atoms with Crippen molar-refractivity contribution in [3.63, 3.8) is 0 Å². The molecule has 0 aromatic heterocycles. The normalized spacial score (nSPS) is 11.1. The van der Waals surface area contributed by atoms with Gasteiger partial charge in [0.1, 0.15) is 30.4 Å². The van der Waals surface area contributed by atoms with Crippen molar-refractivity contribution in [1.82, 2.24) is 0 Å². The second kappa shape index (κ2) is 13.8. The Morgan fingerprint density at radius 3 is 0.676 bits per heavy atom. The first-order valence-electron chi connectivity index (χ1n) is 8.14. The predicted octanol–water partition coefficient (Wildman–Crippen LogP) is 3.35. The molecule has 0 spiro atoms. The minimum atomic E-state index is -4.33. The van der Waals surface area contributed by atoms with Gasteiger partial charge in [-0.25, -0.2) is 25.3 Å². The third-order valence-corrected chi connectivity index (χ3v) is 6.61. The summed E-state index contributed by atoms with van der Waals surface area (Å²) in [5.74, 6) is 0. The molecule has 3 rings (SSSR count). The molecule has 0 amide bonds. The van der Waals surface area contributed by atoms with Gasteiger partial charge < -0.3 is 13.7 Å². The molecule has 0 saturated heterocycles. The van der Waals surface area contributed by atoms with E-state index in [9.17, 15) is 38.9 Å². The number of hydrogen-bond donors (Lipinski definition) is 0. The van der Waals surface area contributed by atoms with Gasteiger partial charge in [-0.2, -0.15) is 0 Å². The van der Waals surface area contributed by atoms with E-state index in [4.69, 9.17) is 34.8 Å². The Morgan fingerprint density at radius 1 is 0.412 bits per heavy atom. The average molecular weight is 645 g/mol. The van der Waals surface area contributed by atoms with Gasteiger partial charge in [-0.15, -0.1) is 0 Å². The van der Waals surface area contributed by atoms with Crippen LogP contribution in [0.3, 0.4) is 0 Å². The van der Waals surface area contributed by atoms with Crippen LogP contribution in [0, 0.1) is 0 Å². The summed E-state index contributed by atoms with van der Waals surface area (Å²) in [5.41, 5.74) is 0. The summed E-state index contributed by atoms with van der Waals surface area (Å²) in [7, 11) is -13.0. The fourth-order valence-corrected chi connectivity index (χ4v) is 3.59. The number of halogens is 3. The van der Waals surface area contributed by atoms with Crippen LogP contribution in [-0.2, 0) is 30.4 Å². The molecular formula is C18H12Cl3GaO9S3. The molecule has 0 aliphatic heterocycles. The Balaban J connectivity index is 0.000000473. The molecule has 3 aromatic carbocycles. The van der Waals surface area contributed by atoms with Crippen molar-refractivity contribution in [1.29, 1.82) is 0 Å². The van der Waals surface area contributed by atoms with Crippen LogP contribution in [0.15, 0.2) is 87.5 Å². The summed E-state index contributed by atoms with van der Waals surface area (Å²) in [6.07, 6.45) is 0. The molecule has 180 valence electrons. The fourth-order valence-electron chi connectivity index (χ4n) is 1.80. The Bertz CT molecular complexity index is 1200. The van der Waals surface area contributed by atoms with Crippen molar-refractivity contribution < 1.29 is 38.9 Å². The largest absolute Gasteiger partial charge is 3.00 e. The van der Waals surface area contributed by atoms with Gasteiger partial charge in [0.25, 0.3) is 0 Å². The third-order valence-electron chi connectivity index (χ3n) is 3.31. The van der Waals surface area contributed by atoms with Gasteiger partial charge >= 0.3 is 19.8 Å². The summed E-state index contributed by atoms with van der Waals surface area (Å²) in [4.78, 5) is -0.786. The van der Waals surface area contributed by atoms with Crippen LogP contribution >= 0.6 is 34.8 Å². The summed E-state index contributed by atoms with van der Waals surface area (Å²) in [6.45, 7) is 0. The van der Waals surface area contributed by atoms with E-state index >= 15 is 0 Å². The number of hydrogen-bond acceptors (Lipinski definition) is 9. The zero-order valence-electron chi connectivity index (χ0n) is 16.5. The maximum atomic E-state index is 10.3. The van der Waals surface area contributed by atoms with E-state index in [1.54, 1.807) is 0 Å². The molecule has 0 aliphatic carbocycles. The van der Waals surface area contributed by atoms with E-state index < -0.39 is 30.4 Å². The zero-order valence-corrected chi connectivity index (χ0v) is 23.7. The molecule has 0 fully saturated rings. The molecule has 0 heterocycles. The maximum Gasteiger partial charge on any atom is 3.00 e. The number of rotatable bonds is 3. The first-order chi connectivity index (χ1) is 15.0. The monoisotopic (exact) mass is 642 g/mol. The molecule has 9 nitrogen and oxygen atoms in total. The first-order valence-corrected chi connectivity index (χ1v) is 13.5. The van der Waals surface area contributed by atoms with Crippen molar-refractivity contribution in [2.24, 2.45) is 0 Å². The quantitative estimate of drug-likeness (QED) is 0.306. The smallest absolute Gasteiger partial charge is 0.744 e. The van der Waals surface area contributed by atoms with E-state index in [0.717, 1.165) is 0 Å². The maximum absolute atomic E-state index is 10.3. The second-order valence-electron chi connectivity index (χ2n) is 5.72. The fraction of sp³-hybridized carbons (Fsp3) is 0. The summed E-state index contributed by atoms with van der Waals surface area (Å²) >= 11 is 16.4. The van der Waals surface area contributed by atoms with Gasteiger partial charge in [-0.05, 0) is 72.8 Å². The molecule has 0 N–H and O–H groups in total. The van der Waals surface area contributed by atoms with Crippen LogP contribution in [0.2, 0.25) is 15.1 Å². The van der Waals surface area contributed by atoms with E-state index in [-0.39, 0.29) is 34.5 Å². The van der Waals surface area contributed by atoms with Crippen molar-refractivity contribution in [3.05, 3.63) is 87.9 Å². The molecule has 16 heteroatoms. The molecule has 0 bridgehead atoms. The zero-order chi connectivity index (χ0) is 25.4. The SMILES string of the molecule is O=S(=O)([O-])c1ccc(Cl)cc1.O=S(=O)([O-])c1ccc(Cl)cc1.O=S(=O)([O-])c1ccc(Cl)cc1.[Ga+3]. The Kier molecular flexibility index (Phi) is 13.4. The summed E-state index contributed by atoms with van der Waals surface area (Å²) in [6, 6.07) is 15.1. The van der Waals surface area contributed by atoms with Gasteiger partial charge in [0.05, 0.1) is 14.7 Å². The standard InChI is InChI=1S/3C6H5ClO3S.Ga/c3*7-5-1-3-6(4-2-5)11(8,9)10;/h3*1-4H,(H,8,9,10);/q;;;+3/p-3. The van der Waals surface area contributed by atoms with E-state index in [1.807, 2.05) is 0 Å². The molecular weight excluding hydrogens is 632 g/mol. The van der Waals surface area contributed by atoms with E-state index in [0.29, 0.717) is 15.1 Å². The molecule has 3 aromatic rings. The van der Waals surface area contributed by atoms with Crippen molar-refractivity contribution >= 4 is 84.9 Å². The summed E-state index contributed by atoms with van der Waals surface area (Å²) in [5, 5.41) is 1.20. The molecule has 34 heavy (non-hydrogen) atoms. The van der Waals surface area contributed by atoms with E-state index in [1.165, 1.54) is 72.8 Å². The van der Waals surface area contributed by atoms with Gasteiger partial charge in [0, 0.05) is 15.1 Å². The molecule has 0 radical (unpaired) electrons. The van der Waals surface area contributed by atoms with Crippen molar-refractivity contribution in [2.45, 2.75) is 14.7 Å². The van der Waals surface area contributed by atoms with Crippen LogP contribution in [0.1, 0.15) is 0 Å². The Hall–Kier alpha value is -1.10. The van der Waals surface area contributed by atoms with Gasteiger partial charge in [-0.1, -0.05) is 34.8 Å². The Labute approximate surface area is 225 Å². The van der Waals surface area contributed by atoms with Crippen LogP contribution < -0.4 is 0 Å². The van der Waals surface area contributed by atoms with Crippen LogP contribution in [0.25, 0.3) is 0 Å². The van der Waals surface area contributed by atoms with Crippen LogP contribution in [0.4, 0.5) is 0 Å². The van der Waals surface area contributed by atoms with E-state index in [2.05, 4.69) is 0 Å². The number of benzene rings is 3. The minimum Gasteiger partial charge on any atom is -0.744 e. The van der Waals surface area contributed by atoms with Crippen molar-refractivity contribution in [3.8, 4) is 0 Å². The molecule has 0 saturated carbocycles. The van der Waals surface area contributed by atoms with Crippen LogP contribution in [-0.4, -0.2) is 58.7 Å². The topological polar surface area (TPSA) is 172 Å². The molecule has 0 atom stereocenters. The van der Waals surface area contributed by atoms with Gasteiger partial charge in [0.2, 0.25) is 0 Å². The molecule has 0 unspecified atom stereocenters. The third kappa shape index (κ3) is 12.6. The van der Waals surface area contributed by atoms with Crippen molar-refractivity contribution in [2.75, 3.05) is 0 Å². The second-order valence-corrected chi connectivity index (χ2v) is 11.2. The van der Waals surface area contributed by atoms with Gasteiger partial charge in [0.15, 0.2) is 0 Å². The minimum absolute atomic E-state index is 0. The average Bonchev–Trinajstić information content (AvgIpc) is 2.68. The van der Waals surface area contributed by atoms with Crippen LogP contribution in [0.5, 0.6) is 0 Å². The van der Waals surface area contributed by atoms with Gasteiger partial charge in [-0.3, -0.25) is 0 Å². The molecule has 0 aliphatic rings. The Morgan fingerprint density at radius 2 is 0.559 bits per heavy atom. The first kappa shape index (κ1) is 32.9. The summed E-state index contributed by atoms with van der Waals surface area (Å²) < 4.78 is 93.1.